The van der Waals surface area contributed by atoms with Crippen LogP contribution in [0.25, 0.3) is 0 Å². The van der Waals surface area contributed by atoms with Gasteiger partial charge in [-0.05, 0) is 38.5 Å². The molecular weight excluding hydrogens is 290 g/mol. The average molecular weight is 307 g/mol. The molecule has 0 fully saturated rings. The molecule has 0 unspecified atom stereocenters. The summed E-state index contributed by atoms with van der Waals surface area (Å²) >= 11 is 11.7. The molecule has 0 aliphatic carbocycles. The van der Waals surface area contributed by atoms with Crippen molar-refractivity contribution in [2.75, 3.05) is 6.54 Å². The molecule has 2 atom stereocenters. The van der Waals surface area contributed by atoms with E-state index in [0.29, 0.717) is 17.1 Å². The fourth-order valence-electron chi connectivity index (χ4n) is 1.74. The highest BCUT2D eigenvalue weighted by Crippen LogP contribution is 2.28. The minimum Gasteiger partial charge on any atom is -0.355 e. The van der Waals surface area contributed by atoms with Gasteiger partial charge in [0.25, 0.3) is 0 Å². The molecule has 2 N–H and O–H groups in total. The SMILES string of the molecule is CCNC(=O)[C@@H](C)N[C@H](C)c1cc(F)c(Cl)cc1Cl. The minimum atomic E-state index is -0.527. The lowest BCUT2D eigenvalue weighted by Gasteiger charge is -2.20. The first-order chi connectivity index (χ1) is 8.86. The standard InChI is InChI=1S/C13H17Cl2FN2O/c1-4-17-13(19)8(3)18-7(2)9-5-12(16)11(15)6-10(9)14/h5-8,18H,4H2,1-3H3,(H,17,19)/t7-,8-/m1/s1. The van der Waals surface area contributed by atoms with Gasteiger partial charge in [0.05, 0.1) is 11.1 Å². The van der Waals surface area contributed by atoms with Gasteiger partial charge in [0, 0.05) is 17.6 Å². The topological polar surface area (TPSA) is 41.1 Å². The van der Waals surface area contributed by atoms with Crippen molar-refractivity contribution in [2.45, 2.75) is 32.9 Å². The van der Waals surface area contributed by atoms with Gasteiger partial charge < -0.3 is 5.32 Å². The quantitative estimate of drug-likeness (QED) is 0.820. The number of carbonyl (C=O) groups excluding carboxylic acids is 1. The molecule has 0 saturated carbocycles. The van der Waals surface area contributed by atoms with Gasteiger partial charge in [-0.2, -0.15) is 0 Å². The van der Waals surface area contributed by atoms with E-state index in [4.69, 9.17) is 23.2 Å². The van der Waals surface area contributed by atoms with Crippen molar-refractivity contribution in [3.05, 3.63) is 33.6 Å². The van der Waals surface area contributed by atoms with Gasteiger partial charge >= 0.3 is 0 Å². The van der Waals surface area contributed by atoms with Gasteiger partial charge in [0.2, 0.25) is 5.91 Å². The molecule has 106 valence electrons. The monoisotopic (exact) mass is 306 g/mol. The first-order valence-corrected chi connectivity index (χ1v) is 6.80. The van der Waals surface area contributed by atoms with E-state index in [1.54, 1.807) is 6.92 Å². The van der Waals surface area contributed by atoms with E-state index in [-0.39, 0.29) is 17.0 Å². The van der Waals surface area contributed by atoms with Crippen LogP contribution in [0.2, 0.25) is 10.0 Å². The molecule has 0 spiro atoms. The first-order valence-electron chi connectivity index (χ1n) is 6.05. The van der Waals surface area contributed by atoms with Crippen molar-refractivity contribution in [3.8, 4) is 0 Å². The molecule has 0 aromatic heterocycles. The van der Waals surface area contributed by atoms with Crippen LogP contribution in [0.1, 0.15) is 32.4 Å². The highest BCUT2D eigenvalue weighted by atomic mass is 35.5. The Labute approximate surface area is 122 Å². The lowest BCUT2D eigenvalue weighted by molar-refractivity contribution is -0.122. The molecule has 19 heavy (non-hydrogen) atoms. The molecule has 3 nitrogen and oxygen atoms in total. The van der Waals surface area contributed by atoms with Gasteiger partial charge in [-0.1, -0.05) is 23.2 Å². The third-order valence-electron chi connectivity index (χ3n) is 2.75. The third kappa shape index (κ3) is 4.34. The summed E-state index contributed by atoms with van der Waals surface area (Å²) in [5.74, 6) is -0.639. The Morgan fingerprint density at radius 2 is 1.95 bits per heavy atom. The van der Waals surface area contributed by atoms with Crippen molar-refractivity contribution >= 4 is 29.1 Å². The molecule has 1 aromatic carbocycles. The highest BCUT2D eigenvalue weighted by Gasteiger charge is 2.18. The van der Waals surface area contributed by atoms with Gasteiger partial charge in [-0.3, -0.25) is 10.1 Å². The largest absolute Gasteiger partial charge is 0.355 e. The number of likely N-dealkylation sites (N-methyl/N-ethyl adjacent to an activating group) is 1. The summed E-state index contributed by atoms with van der Waals surface area (Å²) in [7, 11) is 0. The Bertz CT molecular complexity index is 468. The number of hydrogen-bond donors (Lipinski definition) is 2. The smallest absolute Gasteiger partial charge is 0.236 e. The summed E-state index contributed by atoms with van der Waals surface area (Å²) in [4.78, 5) is 11.6. The van der Waals surface area contributed by atoms with Crippen LogP contribution in [0.3, 0.4) is 0 Å². The predicted octanol–water partition coefficient (Wildman–Crippen LogP) is 3.31. The summed E-state index contributed by atoms with van der Waals surface area (Å²) in [5, 5.41) is 6.12. The second-order valence-corrected chi connectivity index (χ2v) is 5.11. The number of nitrogens with one attached hydrogen (secondary N) is 2. The second kappa shape index (κ2) is 7.08. The fourth-order valence-corrected chi connectivity index (χ4v) is 2.28. The maximum Gasteiger partial charge on any atom is 0.236 e. The number of halogens is 3. The Morgan fingerprint density at radius 3 is 2.53 bits per heavy atom. The van der Waals surface area contributed by atoms with E-state index in [0.717, 1.165) is 0 Å². The van der Waals surface area contributed by atoms with Crippen LogP contribution < -0.4 is 10.6 Å². The van der Waals surface area contributed by atoms with E-state index in [1.807, 2.05) is 13.8 Å². The van der Waals surface area contributed by atoms with Crippen LogP contribution >= 0.6 is 23.2 Å². The summed E-state index contributed by atoms with van der Waals surface area (Å²) in [6.07, 6.45) is 0. The molecule has 0 heterocycles. The third-order valence-corrected chi connectivity index (χ3v) is 3.37. The van der Waals surface area contributed by atoms with Crippen molar-refractivity contribution in [1.29, 1.82) is 0 Å². The molecule has 1 aromatic rings. The van der Waals surface area contributed by atoms with Crippen molar-refractivity contribution in [3.63, 3.8) is 0 Å². The zero-order chi connectivity index (χ0) is 14.6. The summed E-state index contributed by atoms with van der Waals surface area (Å²) in [6.45, 7) is 5.96. The fraction of sp³-hybridized carbons (Fsp3) is 0.462. The Kier molecular flexibility index (Phi) is 6.04. The lowest BCUT2D eigenvalue weighted by atomic mass is 10.1. The zero-order valence-electron chi connectivity index (χ0n) is 11.1. The molecule has 0 aliphatic rings. The number of rotatable bonds is 5. The summed E-state index contributed by atoms with van der Waals surface area (Å²) in [5.41, 5.74) is 0.569. The summed E-state index contributed by atoms with van der Waals surface area (Å²) in [6, 6.07) is 1.98. The minimum absolute atomic E-state index is 0.0160. The van der Waals surface area contributed by atoms with Gasteiger partial charge in [0.1, 0.15) is 5.82 Å². The van der Waals surface area contributed by atoms with Gasteiger partial charge in [-0.15, -0.1) is 0 Å². The Balaban J connectivity index is 2.81. The first kappa shape index (κ1) is 16.2. The second-order valence-electron chi connectivity index (χ2n) is 4.29. The van der Waals surface area contributed by atoms with Crippen LogP contribution in [-0.2, 0) is 4.79 Å². The Morgan fingerprint density at radius 1 is 1.32 bits per heavy atom. The lowest BCUT2D eigenvalue weighted by Crippen LogP contribution is -2.43. The number of benzene rings is 1. The van der Waals surface area contributed by atoms with E-state index in [2.05, 4.69) is 10.6 Å². The van der Waals surface area contributed by atoms with Gasteiger partial charge in [0.15, 0.2) is 0 Å². The maximum atomic E-state index is 13.4. The van der Waals surface area contributed by atoms with E-state index in [9.17, 15) is 9.18 Å². The summed E-state index contributed by atoms with van der Waals surface area (Å²) < 4.78 is 13.4. The van der Waals surface area contributed by atoms with Crippen LogP contribution in [0, 0.1) is 5.82 Å². The molecule has 0 saturated heterocycles. The average Bonchev–Trinajstić information content (AvgIpc) is 2.33. The Hall–Kier alpha value is -0.840. The molecule has 6 heteroatoms. The van der Waals surface area contributed by atoms with Crippen molar-refractivity contribution < 1.29 is 9.18 Å². The van der Waals surface area contributed by atoms with Gasteiger partial charge in [-0.25, -0.2) is 4.39 Å². The molecular formula is C13H17Cl2FN2O. The molecule has 0 radical (unpaired) electrons. The maximum absolute atomic E-state index is 13.4. The van der Waals surface area contributed by atoms with Crippen LogP contribution in [-0.4, -0.2) is 18.5 Å². The highest BCUT2D eigenvalue weighted by molar-refractivity contribution is 6.35. The molecule has 1 rings (SSSR count). The zero-order valence-corrected chi connectivity index (χ0v) is 12.6. The molecule has 0 aliphatic heterocycles. The van der Waals surface area contributed by atoms with Crippen molar-refractivity contribution in [2.24, 2.45) is 0 Å². The number of hydrogen-bond acceptors (Lipinski definition) is 2. The number of amides is 1. The van der Waals surface area contributed by atoms with Crippen LogP contribution in [0.15, 0.2) is 12.1 Å². The normalized spacial score (nSPS) is 14.0. The van der Waals surface area contributed by atoms with E-state index in [1.165, 1.54) is 12.1 Å². The predicted molar refractivity (Wildman–Crippen MR) is 76.1 cm³/mol. The van der Waals surface area contributed by atoms with Crippen LogP contribution in [0.4, 0.5) is 4.39 Å². The van der Waals surface area contributed by atoms with E-state index < -0.39 is 11.9 Å². The molecule has 0 bridgehead atoms. The van der Waals surface area contributed by atoms with E-state index >= 15 is 0 Å². The molecule has 1 amide bonds. The van der Waals surface area contributed by atoms with Crippen LogP contribution in [0.5, 0.6) is 0 Å². The number of carbonyl (C=O) groups is 1. The van der Waals surface area contributed by atoms with Crippen molar-refractivity contribution in [1.82, 2.24) is 10.6 Å².